The summed E-state index contributed by atoms with van der Waals surface area (Å²) in [6.07, 6.45) is 0. The minimum Gasteiger partial charge on any atom is -0.395 e. The third-order valence-corrected chi connectivity index (χ3v) is 7.64. The first-order valence-corrected chi connectivity index (χ1v) is 10.1. The van der Waals surface area contributed by atoms with Gasteiger partial charge >= 0.3 is 5.88 Å². The number of rotatable bonds is 4. The normalized spacial score (nSPS) is 16.1. The Hall–Kier alpha value is -1.76. The van der Waals surface area contributed by atoms with Crippen LogP contribution < -0.4 is 0 Å². The van der Waals surface area contributed by atoms with Crippen LogP contribution in [0.1, 0.15) is 10.6 Å². The van der Waals surface area contributed by atoms with Crippen LogP contribution in [-0.4, -0.2) is 54.6 Å². The third kappa shape index (κ3) is 3.61. The molecule has 0 spiro atoms. The second kappa shape index (κ2) is 6.86. The van der Waals surface area contributed by atoms with E-state index in [1.807, 2.05) is 0 Å². The molecule has 1 amide bonds. The van der Waals surface area contributed by atoms with Gasteiger partial charge in [-0.2, -0.15) is 4.31 Å². The van der Waals surface area contributed by atoms with Gasteiger partial charge in [-0.25, -0.2) is 8.42 Å². The maximum atomic E-state index is 12.5. The second-order valence-corrected chi connectivity index (χ2v) is 9.78. The maximum Gasteiger partial charge on any atom is 0.433 e. The van der Waals surface area contributed by atoms with Gasteiger partial charge < -0.3 is 9.32 Å². The highest BCUT2D eigenvalue weighted by Crippen LogP contribution is 2.29. The van der Waals surface area contributed by atoms with Gasteiger partial charge in [0.1, 0.15) is 9.13 Å². The predicted molar refractivity (Wildman–Crippen MR) is 92.0 cm³/mol. The number of furan rings is 1. The molecule has 0 N–H and O–H groups in total. The van der Waals surface area contributed by atoms with Crippen LogP contribution in [0.3, 0.4) is 0 Å². The Morgan fingerprint density at radius 1 is 1.20 bits per heavy atom. The fourth-order valence-electron chi connectivity index (χ4n) is 2.39. The molecule has 0 aromatic carbocycles. The number of nitrogens with zero attached hydrogens (tertiary/aromatic N) is 3. The number of thiophene rings is 1. The molecule has 1 aliphatic rings. The van der Waals surface area contributed by atoms with Gasteiger partial charge in [0.25, 0.3) is 15.9 Å². The summed E-state index contributed by atoms with van der Waals surface area (Å²) < 4.78 is 32.3. The lowest BCUT2D eigenvalue weighted by Crippen LogP contribution is -2.50. The van der Waals surface area contributed by atoms with Crippen LogP contribution in [0.5, 0.6) is 0 Å². The van der Waals surface area contributed by atoms with Gasteiger partial charge in [-0.15, -0.1) is 11.3 Å². The Morgan fingerprint density at radius 3 is 2.40 bits per heavy atom. The Morgan fingerprint density at radius 2 is 1.88 bits per heavy atom. The number of sulfonamides is 1. The summed E-state index contributed by atoms with van der Waals surface area (Å²) in [5, 5.41) is 10.6. The van der Waals surface area contributed by atoms with E-state index in [1.165, 1.54) is 21.3 Å². The van der Waals surface area contributed by atoms with Crippen molar-refractivity contribution in [2.45, 2.75) is 4.21 Å². The van der Waals surface area contributed by atoms with Crippen molar-refractivity contribution in [2.24, 2.45) is 0 Å². The third-order valence-electron chi connectivity index (χ3n) is 3.65. The summed E-state index contributed by atoms with van der Waals surface area (Å²) in [7, 11) is -3.59. The van der Waals surface area contributed by atoms with Gasteiger partial charge in [0.15, 0.2) is 5.76 Å². The summed E-state index contributed by atoms with van der Waals surface area (Å²) in [6.45, 7) is 0.650. The number of carbonyl (C=O) groups is 1. The molecule has 1 aliphatic heterocycles. The van der Waals surface area contributed by atoms with Gasteiger partial charge in [0.05, 0.1) is 9.85 Å². The zero-order valence-corrected chi connectivity index (χ0v) is 15.8. The molecule has 3 heterocycles. The van der Waals surface area contributed by atoms with Gasteiger partial charge in [-0.05, 0) is 34.1 Å². The predicted octanol–water partition coefficient (Wildman–Crippen LogP) is 2.16. The van der Waals surface area contributed by atoms with E-state index < -0.39 is 26.7 Å². The van der Waals surface area contributed by atoms with Crippen LogP contribution in [0.25, 0.3) is 0 Å². The highest BCUT2D eigenvalue weighted by atomic mass is 79.9. The molecule has 1 fully saturated rings. The lowest BCUT2D eigenvalue weighted by atomic mass is 10.3. The Labute approximate surface area is 155 Å². The van der Waals surface area contributed by atoms with Crippen LogP contribution in [0.2, 0.25) is 0 Å². The van der Waals surface area contributed by atoms with Gasteiger partial charge in [-0.1, -0.05) is 0 Å². The molecule has 2 aromatic rings. The monoisotopic (exact) mass is 449 g/mol. The molecule has 0 radical (unpaired) electrons. The van der Waals surface area contributed by atoms with Crippen molar-refractivity contribution < 1.29 is 22.6 Å². The van der Waals surface area contributed by atoms with Crippen molar-refractivity contribution in [1.29, 1.82) is 0 Å². The molecule has 2 aromatic heterocycles. The van der Waals surface area contributed by atoms with Crippen molar-refractivity contribution in [3.8, 4) is 0 Å². The summed E-state index contributed by atoms with van der Waals surface area (Å²) in [5.74, 6) is -1.14. The number of amides is 1. The lowest BCUT2D eigenvalue weighted by Gasteiger charge is -2.33. The Balaban J connectivity index is 1.67. The van der Waals surface area contributed by atoms with E-state index in [0.717, 1.165) is 21.2 Å². The molecule has 0 atom stereocenters. The summed E-state index contributed by atoms with van der Waals surface area (Å²) in [5.41, 5.74) is 0. The molecule has 0 bridgehead atoms. The average molecular weight is 450 g/mol. The average Bonchev–Trinajstić information content (AvgIpc) is 3.23. The molecule has 9 nitrogen and oxygen atoms in total. The van der Waals surface area contributed by atoms with Crippen LogP contribution in [0.15, 0.2) is 36.7 Å². The quantitative estimate of drug-likeness (QED) is 0.521. The number of nitro groups is 1. The fraction of sp³-hybridized carbons (Fsp3) is 0.308. The molecular formula is C13H12BrN3O6S2. The standard InChI is InChI=1S/C13H12BrN3O6S2/c14-10-2-4-12(24-10)25(21,22)16-7-5-15(6-8-16)13(18)9-1-3-11(23-9)17(19)20/h1-4H,5-8H2. The molecule has 25 heavy (non-hydrogen) atoms. The molecule has 3 rings (SSSR count). The summed E-state index contributed by atoms with van der Waals surface area (Å²) in [6, 6.07) is 5.56. The maximum absolute atomic E-state index is 12.5. The molecule has 12 heteroatoms. The smallest absolute Gasteiger partial charge is 0.395 e. The van der Waals surface area contributed by atoms with Crippen LogP contribution >= 0.6 is 27.3 Å². The van der Waals surface area contributed by atoms with E-state index in [1.54, 1.807) is 6.07 Å². The fourth-order valence-corrected chi connectivity index (χ4v) is 5.98. The lowest BCUT2D eigenvalue weighted by molar-refractivity contribution is -0.402. The zero-order chi connectivity index (χ0) is 18.2. The van der Waals surface area contributed by atoms with E-state index in [2.05, 4.69) is 15.9 Å². The zero-order valence-electron chi connectivity index (χ0n) is 12.6. The van der Waals surface area contributed by atoms with E-state index in [-0.39, 0.29) is 36.1 Å². The minimum absolute atomic E-state index is 0.134. The van der Waals surface area contributed by atoms with Gasteiger partial charge in [0, 0.05) is 26.2 Å². The van der Waals surface area contributed by atoms with Crippen LogP contribution in [-0.2, 0) is 10.0 Å². The number of hydrogen-bond donors (Lipinski definition) is 0. The van der Waals surface area contributed by atoms with Crippen LogP contribution in [0.4, 0.5) is 5.88 Å². The van der Waals surface area contributed by atoms with E-state index in [0.29, 0.717) is 0 Å². The second-order valence-electron chi connectivity index (χ2n) is 5.15. The van der Waals surface area contributed by atoms with E-state index in [9.17, 15) is 23.3 Å². The van der Waals surface area contributed by atoms with Crippen molar-refractivity contribution in [3.05, 3.63) is 43.9 Å². The number of halogens is 1. The number of hydrogen-bond acceptors (Lipinski definition) is 7. The Kier molecular flexibility index (Phi) is 4.95. The summed E-state index contributed by atoms with van der Waals surface area (Å²) in [4.78, 5) is 23.6. The molecule has 1 saturated heterocycles. The topological polar surface area (TPSA) is 114 Å². The first-order valence-electron chi connectivity index (χ1n) is 7.08. The SMILES string of the molecule is O=C(c1ccc([N+](=O)[O-])o1)N1CCN(S(=O)(=O)c2ccc(Br)s2)CC1. The number of carbonyl (C=O) groups excluding carboxylic acids is 1. The highest BCUT2D eigenvalue weighted by molar-refractivity contribution is 9.11. The van der Waals surface area contributed by atoms with Crippen LogP contribution in [0, 0.1) is 10.1 Å². The van der Waals surface area contributed by atoms with Crippen molar-refractivity contribution in [1.82, 2.24) is 9.21 Å². The Bertz CT molecular complexity index is 914. The highest BCUT2D eigenvalue weighted by Gasteiger charge is 2.32. The molecule has 0 unspecified atom stereocenters. The molecule has 0 saturated carbocycles. The van der Waals surface area contributed by atoms with E-state index >= 15 is 0 Å². The number of piperazine rings is 1. The molecular weight excluding hydrogens is 438 g/mol. The minimum atomic E-state index is -3.59. The van der Waals surface area contributed by atoms with Gasteiger partial charge in [-0.3, -0.25) is 14.9 Å². The first kappa shape index (κ1) is 18.0. The van der Waals surface area contributed by atoms with E-state index in [4.69, 9.17) is 4.42 Å². The van der Waals surface area contributed by atoms with Crippen molar-refractivity contribution in [3.63, 3.8) is 0 Å². The summed E-state index contributed by atoms with van der Waals surface area (Å²) >= 11 is 4.36. The molecule has 0 aliphatic carbocycles. The van der Waals surface area contributed by atoms with Crippen molar-refractivity contribution in [2.75, 3.05) is 26.2 Å². The largest absolute Gasteiger partial charge is 0.433 e. The molecule has 134 valence electrons. The van der Waals surface area contributed by atoms with Crippen molar-refractivity contribution >= 4 is 49.1 Å². The first-order chi connectivity index (χ1) is 11.8. The van der Waals surface area contributed by atoms with Gasteiger partial charge in [0.2, 0.25) is 0 Å².